The zero-order chi connectivity index (χ0) is 22.6. The van der Waals surface area contributed by atoms with Crippen molar-refractivity contribution in [3.63, 3.8) is 0 Å². The van der Waals surface area contributed by atoms with Crippen LogP contribution in [-0.2, 0) is 14.8 Å². The predicted molar refractivity (Wildman–Crippen MR) is 121 cm³/mol. The van der Waals surface area contributed by atoms with Crippen LogP contribution in [0, 0.1) is 0 Å². The molecule has 0 spiro atoms. The summed E-state index contributed by atoms with van der Waals surface area (Å²) in [6.07, 6.45) is 4.26. The topological polar surface area (TPSA) is 95.6 Å². The summed E-state index contributed by atoms with van der Waals surface area (Å²) in [6.45, 7) is 0.355. The molecule has 170 valence electrons. The van der Waals surface area contributed by atoms with Gasteiger partial charge in [0.15, 0.2) is 0 Å². The third-order valence-corrected chi connectivity index (χ3v) is 8.22. The smallest absolute Gasteiger partial charge is 0.251 e. The molecule has 7 nitrogen and oxygen atoms in total. The van der Waals surface area contributed by atoms with E-state index < -0.39 is 16.1 Å². The summed E-state index contributed by atoms with van der Waals surface area (Å²) in [4.78, 5) is 25.5. The molecule has 1 saturated carbocycles. The van der Waals surface area contributed by atoms with Gasteiger partial charge in [-0.3, -0.25) is 9.59 Å². The van der Waals surface area contributed by atoms with E-state index in [9.17, 15) is 18.0 Å². The maximum atomic E-state index is 13.0. The summed E-state index contributed by atoms with van der Waals surface area (Å²) in [5.74, 6) is -0.301. The fourth-order valence-corrected chi connectivity index (χ4v) is 6.23. The first-order valence-corrected chi connectivity index (χ1v) is 12.6. The number of carbonyl (C=O) groups is 2. The molecule has 2 aromatic rings. The minimum atomic E-state index is -3.70. The number of rotatable bonds is 6. The van der Waals surface area contributed by atoms with Gasteiger partial charge in [-0.2, -0.15) is 4.31 Å². The highest BCUT2D eigenvalue weighted by molar-refractivity contribution is 7.89. The fourth-order valence-electron chi connectivity index (χ4n) is 4.56. The number of benzene rings is 2. The van der Waals surface area contributed by atoms with Gasteiger partial charge in [0.2, 0.25) is 15.9 Å². The Morgan fingerprint density at radius 3 is 1.97 bits per heavy atom. The molecule has 1 aliphatic heterocycles. The van der Waals surface area contributed by atoms with Crippen LogP contribution in [0.3, 0.4) is 0 Å². The quantitative estimate of drug-likeness (QED) is 0.700. The van der Waals surface area contributed by atoms with E-state index >= 15 is 0 Å². The normalized spacial score (nSPS) is 24.1. The zero-order valence-electron chi connectivity index (χ0n) is 17.9. The van der Waals surface area contributed by atoms with Crippen LogP contribution in [0.2, 0.25) is 0 Å². The van der Waals surface area contributed by atoms with E-state index in [1.54, 1.807) is 42.5 Å². The van der Waals surface area contributed by atoms with Crippen molar-refractivity contribution in [3.05, 3.63) is 66.2 Å². The van der Waals surface area contributed by atoms with Crippen molar-refractivity contribution >= 4 is 21.8 Å². The van der Waals surface area contributed by atoms with Crippen LogP contribution in [0.4, 0.5) is 0 Å². The summed E-state index contributed by atoms with van der Waals surface area (Å²) < 4.78 is 27.4. The lowest BCUT2D eigenvalue weighted by molar-refractivity contribution is -0.125. The molecule has 0 radical (unpaired) electrons. The molecule has 32 heavy (non-hydrogen) atoms. The summed E-state index contributed by atoms with van der Waals surface area (Å²) in [6, 6.07) is 16.8. The average Bonchev–Trinajstić information content (AvgIpc) is 3.33. The van der Waals surface area contributed by atoms with E-state index in [1.165, 1.54) is 4.31 Å². The molecule has 2 aliphatic rings. The lowest BCUT2D eigenvalue weighted by Crippen LogP contribution is -2.50. The van der Waals surface area contributed by atoms with Crippen molar-refractivity contribution < 1.29 is 18.0 Å². The van der Waals surface area contributed by atoms with Gasteiger partial charge in [-0.1, -0.05) is 36.4 Å². The predicted octanol–water partition coefficient (Wildman–Crippen LogP) is 2.70. The summed E-state index contributed by atoms with van der Waals surface area (Å²) in [5.41, 5.74) is 0.642. The second-order valence-electron chi connectivity index (χ2n) is 8.48. The standard InChI is InChI=1S/C24H29N3O4S/c28-23(18-8-3-1-4-9-18)25-19-13-15-20(16-14-19)26-24(29)22-12-7-17-27(22)32(30,31)21-10-5-2-6-11-21/h1-6,8-11,19-20,22H,7,12-17H2,(H,25,28)(H,26,29)/t19?,20?,22-/m0/s1. The monoisotopic (exact) mass is 455 g/mol. The van der Waals surface area contributed by atoms with E-state index in [-0.39, 0.29) is 28.8 Å². The Morgan fingerprint density at radius 2 is 1.34 bits per heavy atom. The van der Waals surface area contributed by atoms with Gasteiger partial charge in [-0.15, -0.1) is 0 Å². The lowest BCUT2D eigenvalue weighted by Gasteiger charge is -2.31. The molecule has 0 unspecified atom stereocenters. The molecule has 8 heteroatoms. The summed E-state index contributed by atoms with van der Waals surface area (Å²) in [5, 5.41) is 6.13. The maximum absolute atomic E-state index is 13.0. The molecule has 1 atom stereocenters. The Bertz CT molecular complexity index is 1040. The molecule has 2 N–H and O–H groups in total. The number of nitrogens with zero attached hydrogens (tertiary/aromatic N) is 1. The molecule has 1 aliphatic carbocycles. The van der Waals surface area contributed by atoms with Gasteiger partial charge in [0, 0.05) is 24.2 Å². The van der Waals surface area contributed by atoms with Gasteiger partial charge in [0.05, 0.1) is 4.90 Å². The van der Waals surface area contributed by atoms with Crippen LogP contribution >= 0.6 is 0 Å². The largest absolute Gasteiger partial charge is 0.352 e. The third-order valence-electron chi connectivity index (χ3n) is 6.30. The van der Waals surface area contributed by atoms with Gasteiger partial charge in [-0.05, 0) is 62.8 Å². The number of amides is 2. The number of hydrogen-bond acceptors (Lipinski definition) is 4. The van der Waals surface area contributed by atoms with Crippen molar-refractivity contribution in [3.8, 4) is 0 Å². The molecule has 4 rings (SSSR count). The van der Waals surface area contributed by atoms with Crippen LogP contribution in [0.1, 0.15) is 48.9 Å². The van der Waals surface area contributed by atoms with Gasteiger partial charge in [0.25, 0.3) is 5.91 Å². The van der Waals surface area contributed by atoms with Crippen LogP contribution in [0.5, 0.6) is 0 Å². The van der Waals surface area contributed by atoms with Crippen LogP contribution in [-0.4, -0.2) is 49.2 Å². The highest BCUT2D eigenvalue weighted by atomic mass is 32.2. The highest BCUT2D eigenvalue weighted by Gasteiger charge is 2.40. The number of carbonyl (C=O) groups excluding carboxylic acids is 2. The molecule has 0 bridgehead atoms. The maximum Gasteiger partial charge on any atom is 0.251 e. The number of nitrogens with one attached hydrogen (secondary N) is 2. The highest BCUT2D eigenvalue weighted by Crippen LogP contribution is 2.27. The lowest BCUT2D eigenvalue weighted by atomic mass is 9.90. The van der Waals surface area contributed by atoms with Gasteiger partial charge in [-0.25, -0.2) is 8.42 Å². The molecule has 0 aromatic heterocycles. The molecular formula is C24H29N3O4S. The van der Waals surface area contributed by atoms with Crippen molar-refractivity contribution in [1.29, 1.82) is 0 Å². The molecular weight excluding hydrogens is 426 g/mol. The third kappa shape index (κ3) is 5.02. The Morgan fingerprint density at radius 1 is 0.781 bits per heavy atom. The molecule has 1 heterocycles. The molecule has 2 aromatic carbocycles. The first kappa shape index (κ1) is 22.5. The minimum absolute atomic E-state index is 0.00532. The average molecular weight is 456 g/mol. The first-order chi connectivity index (χ1) is 15.4. The molecule has 2 amide bonds. The van der Waals surface area contributed by atoms with Gasteiger partial charge >= 0.3 is 0 Å². The van der Waals surface area contributed by atoms with Crippen LogP contribution in [0.25, 0.3) is 0 Å². The van der Waals surface area contributed by atoms with Crippen LogP contribution in [0.15, 0.2) is 65.6 Å². The van der Waals surface area contributed by atoms with Crippen molar-refractivity contribution in [2.24, 2.45) is 0 Å². The molecule has 1 saturated heterocycles. The number of hydrogen-bond donors (Lipinski definition) is 2. The van der Waals surface area contributed by atoms with Gasteiger partial charge in [0.1, 0.15) is 6.04 Å². The van der Waals surface area contributed by atoms with Crippen molar-refractivity contribution in [2.45, 2.75) is 61.5 Å². The minimum Gasteiger partial charge on any atom is -0.352 e. The van der Waals surface area contributed by atoms with Crippen molar-refractivity contribution in [2.75, 3.05) is 6.54 Å². The fraction of sp³-hybridized carbons (Fsp3) is 0.417. The van der Waals surface area contributed by atoms with E-state index in [0.717, 1.165) is 25.7 Å². The Balaban J connectivity index is 1.30. The van der Waals surface area contributed by atoms with Crippen LogP contribution < -0.4 is 10.6 Å². The summed E-state index contributed by atoms with van der Waals surface area (Å²) in [7, 11) is -3.70. The van der Waals surface area contributed by atoms with E-state index in [2.05, 4.69) is 10.6 Å². The SMILES string of the molecule is O=C(NC1CCC(NC(=O)[C@@H]2CCCN2S(=O)(=O)c2ccccc2)CC1)c1ccccc1. The Labute approximate surface area is 189 Å². The van der Waals surface area contributed by atoms with E-state index in [1.807, 2.05) is 18.2 Å². The zero-order valence-corrected chi connectivity index (χ0v) is 18.8. The van der Waals surface area contributed by atoms with E-state index in [0.29, 0.717) is 24.9 Å². The second kappa shape index (κ2) is 9.83. The Kier molecular flexibility index (Phi) is 6.91. The summed E-state index contributed by atoms with van der Waals surface area (Å²) >= 11 is 0. The van der Waals surface area contributed by atoms with E-state index in [4.69, 9.17) is 0 Å². The van der Waals surface area contributed by atoms with Gasteiger partial charge < -0.3 is 10.6 Å². The van der Waals surface area contributed by atoms with Crippen molar-refractivity contribution in [1.82, 2.24) is 14.9 Å². The first-order valence-electron chi connectivity index (χ1n) is 11.2. The molecule has 2 fully saturated rings. The number of sulfonamides is 1. The second-order valence-corrected chi connectivity index (χ2v) is 10.4. The Hall–Kier alpha value is -2.71.